The molecule has 0 fully saturated rings. The average molecular weight is 233 g/mol. The Morgan fingerprint density at radius 3 is 2.83 bits per heavy atom. The summed E-state index contributed by atoms with van der Waals surface area (Å²) >= 11 is 0. The van der Waals surface area contributed by atoms with E-state index < -0.39 is 0 Å². The van der Waals surface area contributed by atoms with Gasteiger partial charge in [-0.1, -0.05) is 42.5 Å². The number of nitrogens with zero attached hydrogens (tertiary/aromatic N) is 1. The number of fused-ring (bicyclic) bond motifs is 1. The predicted molar refractivity (Wildman–Crippen MR) is 69.9 cm³/mol. The van der Waals surface area contributed by atoms with E-state index in [2.05, 4.69) is 6.07 Å². The third-order valence-corrected chi connectivity index (χ3v) is 2.94. The second-order valence-corrected chi connectivity index (χ2v) is 4.18. The highest BCUT2D eigenvalue weighted by atomic mass is 16.5. The second kappa shape index (κ2) is 4.38. The van der Waals surface area contributed by atoms with Crippen molar-refractivity contribution in [1.82, 2.24) is 0 Å². The third kappa shape index (κ3) is 1.87. The van der Waals surface area contributed by atoms with Gasteiger partial charge in [-0.25, -0.2) is 0 Å². The molecule has 2 aliphatic rings. The first-order valence-electron chi connectivity index (χ1n) is 5.81. The molecule has 0 saturated carbocycles. The minimum absolute atomic E-state index is 0.319. The van der Waals surface area contributed by atoms with E-state index in [4.69, 9.17) is 4.74 Å². The molecule has 0 N–H and O–H groups in total. The summed E-state index contributed by atoms with van der Waals surface area (Å²) in [7, 11) is 0. The van der Waals surface area contributed by atoms with Crippen LogP contribution in [0.15, 0.2) is 71.7 Å². The molecule has 1 aliphatic heterocycles. The van der Waals surface area contributed by atoms with Crippen LogP contribution in [0.3, 0.4) is 0 Å². The maximum atomic E-state index is 9.20. The summed E-state index contributed by atoms with van der Waals surface area (Å²) in [6.45, 7) is 0. The van der Waals surface area contributed by atoms with Crippen LogP contribution in [-0.4, -0.2) is 0 Å². The molecule has 1 unspecified atom stereocenters. The van der Waals surface area contributed by atoms with Gasteiger partial charge in [-0.2, -0.15) is 5.26 Å². The topological polar surface area (TPSA) is 33.0 Å². The highest BCUT2D eigenvalue weighted by molar-refractivity contribution is 5.57. The highest BCUT2D eigenvalue weighted by Crippen LogP contribution is 2.33. The number of rotatable bonds is 1. The molecule has 86 valence electrons. The molecule has 1 atom stereocenters. The average Bonchev–Trinajstić information content (AvgIpc) is 2.86. The molecule has 0 amide bonds. The molecular weight excluding hydrogens is 222 g/mol. The number of allylic oxidation sites excluding steroid dienone is 4. The quantitative estimate of drug-likeness (QED) is 0.742. The standard InChI is InChI=1S/C16H11NO/c17-11-14-10-13-7-4-8-15(13)18-16(14)9-12-5-2-1-3-6-12/h1-10,14H. The van der Waals surface area contributed by atoms with Gasteiger partial charge >= 0.3 is 0 Å². The van der Waals surface area contributed by atoms with E-state index in [-0.39, 0.29) is 5.92 Å². The van der Waals surface area contributed by atoms with Crippen molar-refractivity contribution in [2.75, 3.05) is 0 Å². The maximum Gasteiger partial charge on any atom is 0.133 e. The monoisotopic (exact) mass is 233 g/mol. The van der Waals surface area contributed by atoms with Crippen LogP contribution in [-0.2, 0) is 4.74 Å². The van der Waals surface area contributed by atoms with Gasteiger partial charge in [-0.15, -0.1) is 0 Å². The van der Waals surface area contributed by atoms with E-state index in [9.17, 15) is 5.26 Å². The van der Waals surface area contributed by atoms with E-state index in [0.29, 0.717) is 5.76 Å². The van der Waals surface area contributed by atoms with Gasteiger partial charge in [0.2, 0.25) is 0 Å². The molecule has 0 radical (unpaired) electrons. The molecule has 1 aromatic rings. The lowest BCUT2D eigenvalue weighted by Crippen LogP contribution is -2.09. The summed E-state index contributed by atoms with van der Waals surface area (Å²) in [6, 6.07) is 12.1. The number of hydrogen-bond donors (Lipinski definition) is 0. The summed E-state index contributed by atoms with van der Waals surface area (Å²) in [4.78, 5) is 0. The minimum Gasteiger partial charge on any atom is -0.459 e. The van der Waals surface area contributed by atoms with Crippen LogP contribution in [0.4, 0.5) is 0 Å². The summed E-state index contributed by atoms with van der Waals surface area (Å²) in [5, 5.41) is 9.20. The fraction of sp³-hybridized carbons (Fsp3) is 0.0625. The minimum atomic E-state index is -0.319. The van der Waals surface area contributed by atoms with Crippen molar-refractivity contribution < 1.29 is 4.74 Å². The summed E-state index contributed by atoms with van der Waals surface area (Å²) in [5.41, 5.74) is 2.03. The lowest BCUT2D eigenvalue weighted by Gasteiger charge is -2.20. The lowest BCUT2D eigenvalue weighted by atomic mass is 10.00. The van der Waals surface area contributed by atoms with Crippen molar-refractivity contribution in [1.29, 1.82) is 5.26 Å². The van der Waals surface area contributed by atoms with Gasteiger partial charge in [0, 0.05) is 5.57 Å². The molecule has 18 heavy (non-hydrogen) atoms. The Kier molecular flexibility index (Phi) is 2.59. The zero-order valence-corrected chi connectivity index (χ0v) is 9.71. The van der Waals surface area contributed by atoms with Crippen molar-refractivity contribution in [2.45, 2.75) is 0 Å². The molecule has 0 spiro atoms. The molecule has 1 aliphatic carbocycles. The molecule has 2 nitrogen and oxygen atoms in total. The smallest absolute Gasteiger partial charge is 0.133 e. The summed E-state index contributed by atoms with van der Waals surface area (Å²) in [6.07, 6.45) is 9.66. The fourth-order valence-electron chi connectivity index (χ4n) is 2.03. The molecule has 3 rings (SSSR count). The summed E-state index contributed by atoms with van der Waals surface area (Å²) < 4.78 is 5.79. The number of hydrogen-bond acceptors (Lipinski definition) is 2. The Balaban J connectivity index is 1.99. The van der Waals surface area contributed by atoms with Gasteiger partial charge in [0.25, 0.3) is 0 Å². The first-order chi connectivity index (χ1) is 8.86. The third-order valence-electron chi connectivity index (χ3n) is 2.94. The lowest BCUT2D eigenvalue weighted by molar-refractivity contribution is 0.288. The molecule has 1 heterocycles. The normalized spacial score (nSPS) is 22.8. The number of ether oxygens (including phenoxy) is 1. The predicted octanol–water partition coefficient (Wildman–Crippen LogP) is 3.58. The van der Waals surface area contributed by atoms with Gasteiger partial charge in [0.1, 0.15) is 17.4 Å². The molecule has 2 heteroatoms. The van der Waals surface area contributed by atoms with Gasteiger partial charge < -0.3 is 4.74 Å². The Hall–Kier alpha value is -2.53. The largest absolute Gasteiger partial charge is 0.459 e. The van der Waals surface area contributed by atoms with Gasteiger partial charge in [0.05, 0.1) is 6.07 Å². The Bertz CT molecular complexity index is 627. The van der Waals surface area contributed by atoms with Gasteiger partial charge in [-0.05, 0) is 23.8 Å². The Morgan fingerprint density at radius 1 is 1.22 bits per heavy atom. The van der Waals surface area contributed by atoms with Crippen molar-refractivity contribution in [2.24, 2.45) is 5.92 Å². The van der Waals surface area contributed by atoms with Crippen LogP contribution >= 0.6 is 0 Å². The van der Waals surface area contributed by atoms with Gasteiger partial charge in [0.15, 0.2) is 0 Å². The van der Waals surface area contributed by atoms with E-state index in [1.807, 2.05) is 60.7 Å². The van der Waals surface area contributed by atoms with Crippen molar-refractivity contribution >= 4 is 6.08 Å². The van der Waals surface area contributed by atoms with E-state index >= 15 is 0 Å². The van der Waals surface area contributed by atoms with E-state index in [1.165, 1.54) is 0 Å². The molecule has 1 aromatic carbocycles. The van der Waals surface area contributed by atoms with Crippen LogP contribution in [0.5, 0.6) is 0 Å². The van der Waals surface area contributed by atoms with Crippen molar-refractivity contribution in [3.05, 3.63) is 77.3 Å². The van der Waals surface area contributed by atoms with Crippen LogP contribution in [0, 0.1) is 17.2 Å². The van der Waals surface area contributed by atoms with Crippen LogP contribution in [0.2, 0.25) is 0 Å². The molecule has 0 aromatic heterocycles. The number of benzene rings is 1. The first kappa shape index (κ1) is 10.6. The van der Waals surface area contributed by atoms with E-state index in [1.54, 1.807) is 0 Å². The van der Waals surface area contributed by atoms with Crippen molar-refractivity contribution in [3.8, 4) is 6.07 Å². The van der Waals surface area contributed by atoms with E-state index in [0.717, 1.165) is 16.9 Å². The fourth-order valence-corrected chi connectivity index (χ4v) is 2.03. The summed E-state index contributed by atoms with van der Waals surface area (Å²) in [5.74, 6) is 1.19. The SMILES string of the molecule is N#CC1C=C2C=CC=C2OC1=Cc1ccccc1. The first-order valence-corrected chi connectivity index (χ1v) is 5.81. The Labute approximate surface area is 106 Å². The zero-order chi connectivity index (χ0) is 12.4. The molecule has 0 bridgehead atoms. The maximum absolute atomic E-state index is 9.20. The number of nitriles is 1. The Morgan fingerprint density at radius 2 is 2.06 bits per heavy atom. The highest BCUT2D eigenvalue weighted by Gasteiger charge is 2.24. The van der Waals surface area contributed by atoms with Crippen LogP contribution in [0.1, 0.15) is 5.56 Å². The van der Waals surface area contributed by atoms with Crippen LogP contribution in [0.25, 0.3) is 6.08 Å². The molecular formula is C16H11NO. The van der Waals surface area contributed by atoms with Crippen molar-refractivity contribution in [3.63, 3.8) is 0 Å². The van der Waals surface area contributed by atoms with Crippen LogP contribution < -0.4 is 0 Å². The molecule has 0 saturated heterocycles. The zero-order valence-electron chi connectivity index (χ0n) is 9.71. The van der Waals surface area contributed by atoms with Gasteiger partial charge in [-0.3, -0.25) is 0 Å². The second-order valence-electron chi connectivity index (χ2n) is 4.18.